The Labute approximate surface area is 93.7 Å². The van der Waals surface area contributed by atoms with Crippen LogP contribution in [0.25, 0.3) is 0 Å². The second kappa shape index (κ2) is 5.13. The summed E-state index contributed by atoms with van der Waals surface area (Å²) in [5.74, 6) is -0.977. The molecule has 1 amide bonds. The fourth-order valence-electron chi connectivity index (χ4n) is 1.15. The summed E-state index contributed by atoms with van der Waals surface area (Å²) in [5, 5.41) is 0. The van der Waals surface area contributed by atoms with Crippen molar-refractivity contribution in [3.8, 4) is 0 Å². The molecule has 0 aliphatic carbocycles. The van der Waals surface area contributed by atoms with Crippen LogP contribution >= 0.6 is 0 Å². The maximum absolute atomic E-state index is 11.7. The SMILES string of the molecule is CCCCN(C(=O)c1ccco1)S(=O)(=O)O. The smallest absolute Gasteiger partial charge is 0.362 e. The largest absolute Gasteiger partial charge is 0.459 e. The highest BCUT2D eigenvalue weighted by molar-refractivity contribution is 7.84. The third kappa shape index (κ3) is 3.07. The van der Waals surface area contributed by atoms with Gasteiger partial charge >= 0.3 is 16.2 Å². The van der Waals surface area contributed by atoms with Crippen molar-refractivity contribution < 1.29 is 22.2 Å². The third-order valence-electron chi connectivity index (χ3n) is 1.95. The highest BCUT2D eigenvalue weighted by atomic mass is 32.2. The summed E-state index contributed by atoms with van der Waals surface area (Å²) in [7, 11) is -4.54. The van der Waals surface area contributed by atoms with E-state index in [0.717, 1.165) is 0 Å². The molecule has 1 aromatic rings. The van der Waals surface area contributed by atoms with Crippen molar-refractivity contribution in [2.24, 2.45) is 0 Å². The summed E-state index contributed by atoms with van der Waals surface area (Å²) < 4.78 is 36.1. The number of furan rings is 1. The lowest BCUT2D eigenvalue weighted by atomic mass is 10.3. The van der Waals surface area contributed by atoms with Gasteiger partial charge in [-0.05, 0) is 18.6 Å². The average molecular weight is 247 g/mol. The lowest BCUT2D eigenvalue weighted by Crippen LogP contribution is -2.37. The quantitative estimate of drug-likeness (QED) is 0.793. The Hall–Kier alpha value is -1.34. The zero-order valence-corrected chi connectivity index (χ0v) is 9.61. The van der Waals surface area contributed by atoms with Crippen LogP contribution in [-0.4, -0.2) is 29.7 Å². The van der Waals surface area contributed by atoms with Crippen LogP contribution in [0, 0.1) is 0 Å². The predicted octanol–water partition coefficient (Wildman–Crippen LogP) is 1.32. The first-order chi connectivity index (χ1) is 7.46. The number of hydrogen-bond acceptors (Lipinski definition) is 4. The summed E-state index contributed by atoms with van der Waals surface area (Å²) >= 11 is 0. The minimum Gasteiger partial charge on any atom is -0.459 e. The van der Waals surface area contributed by atoms with Crippen LogP contribution in [0.3, 0.4) is 0 Å². The molecule has 0 aromatic carbocycles. The van der Waals surface area contributed by atoms with E-state index in [2.05, 4.69) is 0 Å². The van der Waals surface area contributed by atoms with E-state index in [1.54, 1.807) is 0 Å². The lowest BCUT2D eigenvalue weighted by Gasteiger charge is -2.16. The minimum absolute atomic E-state index is 0.0606. The van der Waals surface area contributed by atoms with Crippen LogP contribution in [-0.2, 0) is 10.3 Å². The van der Waals surface area contributed by atoms with E-state index >= 15 is 0 Å². The molecule has 0 saturated heterocycles. The van der Waals surface area contributed by atoms with E-state index in [-0.39, 0.29) is 12.3 Å². The van der Waals surface area contributed by atoms with Crippen molar-refractivity contribution in [1.29, 1.82) is 0 Å². The van der Waals surface area contributed by atoms with E-state index in [1.807, 2.05) is 6.92 Å². The fraction of sp³-hybridized carbons (Fsp3) is 0.444. The number of amides is 1. The Balaban J connectivity index is 2.90. The van der Waals surface area contributed by atoms with Gasteiger partial charge in [-0.25, -0.2) is 4.31 Å². The molecule has 7 heteroatoms. The van der Waals surface area contributed by atoms with Crippen LogP contribution in [0.5, 0.6) is 0 Å². The van der Waals surface area contributed by atoms with Crippen LogP contribution in [0.15, 0.2) is 22.8 Å². The maximum Gasteiger partial charge on any atom is 0.362 e. The molecule has 0 atom stereocenters. The molecule has 0 saturated carbocycles. The van der Waals surface area contributed by atoms with Gasteiger partial charge in [0.1, 0.15) is 0 Å². The Kier molecular flexibility index (Phi) is 4.08. The zero-order valence-electron chi connectivity index (χ0n) is 8.79. The van der Waals surface area contributed by atoms with Gasteiger partial charge in [-0.15, -0.1) is 0 Å². The van der Waals surface area contributed by atoms with Gasteiger partial charge in [-0.2, -0.15) is 8.42 Å². The van der Waals surface area contributed by atoms with Gasteiger partial charge in [0.2, 0.25) is 0 Å². The molecule has 6 nitrogen and oxygen atoms in total. The van der Waals surface area contributed by atoms with Gasteiger partial charge in [0, 0.05) is 6.54 Å². The standard InChI is InChI=1S/C9H13NO5S/c1-2-3-6-10(16(12,13)14)9(11)8-5-4-7-15-8/h4-5,7H,2-3,6H2,1H3,(H,12,13,14). The Morgan fingerprint density at radius 1 is 1.56 bits per heavy atom. The minimum atomic E-state index is -4.54. The second-order valence-corrected chi connectivity index (χ2v) is 4.52. The first-order valence-corrected chi connectivity index (χ1v) is 6.19. The molecular formula is C9H13NO5S. The van der Waals surface area contributed by atoms with Crippen LogP contribution in [0.2, 0.25) is 0 Å². The first-order valence-electron chi connectivity index (χ1n) is 4.79. The molecule has 0 radical (unpaired) electrons. The summed E-state index contributed by atoms with van der Waals surface area (Å²) in [6.07, 6.45) is 2.44. The Morgan fingerprint density at radius 3 is 2.69 bits per heavy atom. The summed E-state index contributed by atoms with van der Waals surface area (Å²) in [6, 6.07) is 2.81. The Bertz CT molecular complexity index is 436. The molecule has 0 aliphatic rings. The van der Waals surface area contributed by atoms with E-state index in [0.29, 0.717) is 17.1 Å². The molecule has 90 valence electrons. The molecule has 1 rings (SSSR count). The predicted molar refractivity (Wildman–Crippen MR) is 56.2 cm³/mol. The molecule has 0 fully saturated rings. The second-order valence-electron chi connectivity index (χ2n) is 3.19. The van der Waals surface area contributed by atoms with Crippen molar-refractivity contribution in [3.63, 3.8) is 0 Å². The maximum atomic E-state index is 11.7. The van der Waals surface area contributed by atoms with Crippen LogP contribution in [0.1, 0.15) is 30.3 Å². The fourth-order valence-corrected chi connectivity index (χ4v) is 1.81. The number of nitrogens with zero attached hydrogens (tertiary/aromatic N) is 1. The van der Waals surface area contributed by atoms with Crippen molar-refractivity contribution in [3.05, 3.63) is 24.2 Å². The topological polar surface area (TPSA) is 87.8 Å². The van der Waals surface area contributed by atoms with E-state index in [4.69, 9.17) is 8.97 Å². The number of rotatable bonds is 5. The van der Waals surface area contributed by atoms with Gasteiger partial charge < -0.3 is 4.42 Å². The van der Waals surface area contributed by atoms with Gasteiger partial charge in [0.05, 0.1) is 6.26 Å². The summed E-state index contributed by atoms with van der Waals surface area (Å²) in [6.45, 7) is 1.79. The van der Waals surface area contributed by atoms with Gasteiger partial charge in [-0.1, -0.05) is 13.3 Å². The van der Waals surface area contributed by atoms with Crippen LogP contribution in [0.4, 0.5) is 0 Å². The van der Waals surface area contributed by atoms with Crippen molar-refractivity contribution >= 4 is 16.2 Å². The molecule has 16 heavy (non-hydrogen) atoms. The van der Waals surface area contributed by atoms with Gasteiger partial charge in [0.25, 0.3) is 0 Å². The number of carbonyl (C=O) groups is 1. The average Bonchev–Trinajstić information content (AvgIpc) is 2.68. The first kappa shape index (κ1) is 12.7. The van der Waals surface area contributed by atoms with E-state index in [9.17, 15) is 13.2 Å². The van der Waals surface area contributed by atoms with Gasteiger partial charge in [0.15, 0.2) is 5.76 Å². The molecule has 0 bridgehead atoms. The number of carbonyl (C=O) groups excluding carboxylic acids is 1. The Morgan fingerprint density at radius 2 is 2.25 bits per heavy atom. The number of hydrogen-bond donors (Lipinski definition) is 1. The summed E-state index contributed by atoms with van der Waals surface area (Å²) in [5.41, 5.74) is 0. The summed E-state index contributed by atoms with van der Waals surface area (Å²) in [4.78, 5) is 11.7. The van der Waals surface area contributed by atoms with Crippen LogP contribution < -0.4 is 0 Å². The van der Waals surface area contributed by atoms with E-state index < -0.39 is 16.2 Å². The van der Waals surface area contributed by atoms with Crippen molar-refractivity contribution in [1.82, 2.24) is 4.31 Å². The van der Waals surface area contributed by atoms with Gasteiger partial charge in [-0.3, -0.25) is 9.35 Å². The molecular weight excluding hydrogens is 234 g/mol. The third-order valence-corrected chi connectivity index (χ3v) is 2.86. The highest BCUT2D eigenvalue weighted by Crippen LogP contribution is 2.10. The van der Waals surface area contributed by atoms with E-state index in [1.165, 1.54) is 18.4 Å². The monoisotopic (exact) mass is 247 g/mol. The van der Waals surface area contributed by atoms with Crippen molar-refractivity contribution in [2.75, 3.05) is 6.54 Å². The molecule has 0 spiro atoms. The molecule has 1 aromatic heterocycles. The van der Waals surface area contributed by atoms with Crippen molar-refractivity contribution in [2.45, 2.75) is 19.8 Å². The molecule has 1 N–H and O–H groups in total. The molecule has 0 aliphatic heterocycles. The lowest BCUT2D eigenvalue weighted by molar-refractivity contribution is 0.0820. The highest BCUT2D eigenvalue weighted by Gasteiger charge is 2.27. The molecule has 1 heterocycles. The molecule has 0 unspecified atom stereocenters. The number of unbranched alkanes of at least 4 members (excludes halogenated alkanes) is 1. The zero-order chi connectivity index (χ0) is 12.2. The normalized spacial score (nSPS) is 11.4.